The molecule has 0 bridgehead atoms. The van der Waals surface area contributed by atoms with Crippen molar-refractivity contribution < 1.29 is 14.0 Å². The summed E-state index contributed by atoms with van der Waals surface area (Å²) in [6, 6.07) is 8.81. The monoisotopic (exact) mass is 345 g/mol. The molecule has 2 aliphatic rings. The standard InChI is InChI=1S/C20H32BNO3/c1-15(2)22-13-11-18(12-14-22)23-17-9-7-16(8-10-17)21-24-19(3,4)20(5,6)25-21/h7-10,15,18H,11-14H2,1-6H3. The SMILES string of the molecule is CC(C)N1CCC(Oc2ccc(B3OC(C)(C)C(C)(C)O3)cc2)CC1. The van der Waals surface area contributed by atoms with Crippen LogP contribution in [0.5, 0.6) is 5.75 Å². The average molecular weight is 345 g/mol. The zero-order valence-electron chi connectivity index (χ0n) is 16.5. The molecule has 0 aromatic heterocycles. The summed E-state index contributed by atoms with van der Waals surface area (Å²) in [5.41, 5.74) is 0.426. The molecule has 0 atom stereocenters. The Labute approximate surface area is 153 Å². The third-order valence-corrected chi connectivity index (χ3v) is 5.92. The van der Waals surface area contributed by atoms with Crippen LogP contribution in [0.3, 0.4) is 0 Å². The minimum Gasteiger partial charge on any atom is -0.490 e. The molecule has 0 saturated carbocycles. The third kappa shape index (κ3) is 4.04. The Morgan fingerprint density at radius 2 is 1.52 bits per heavy atom. The predicted octanol–water partition coefficient (Wildman–Crippen LogP) is 3.24. The Morgan fingerprint density at radius 1 is 1.00 bits per heavy atom. The molecule has 2 aliphatic heterocycles. The number of likely N-dealkylation sites (tertiary alicyclic amines) is 1. The highest BCUT2D eigenvalue weighted by molar-refractivity contribution is 6.62. The molecule has 3 rings (SSSR count). The van der Waals surface area contributed by atoms with E-state index in [1.165, 1.54) is 0 Å². The highest BCUT2D eigenvalue weighted by atomic mass is 16.7. The number of ether oxygens (including phenoxy) is 1. The van der Waals surface area contributed by atoms with Crippen LogP contribution < -0.4 is 10.2 Å². The number of hydrogen-bond donors (Lipinski definition) is 0. The molecule has 2 heterocycles. The van der Waals surface area contributed by atoms with E-state index in [-0.39, 0.29) is 18.3 Å². The first-order valence-corrected chi connectivity index (χ1v) is 9.54. The van der Waals surface area contributed by atoms with E-state index >= 15 is 0 Å². The van der Waals surface area contributed by atoms with Gasteiger partial charge in [-0.1, -0.05) is 12.1 Å². The largest absolute Gasteiger partial charge is 0.494 e. The van der Waals surface area contributed by atoms with Gasteiger partial charge in [0, 0.05) is 19.1 Å². The second-order valence-electron chi connectivity index (χ2n) is 8.60. The Bertz CT molecular complexity index is 561. The van der Waals surface area contributed by atoms with E-state index in [0.29, 0.717) is 12.1 Å². The molecule has 5 heteroatoms. The van der Waals surface area contributed by atoms with Crippen molar-refractivity contribution in [1.82, 2.24) is 4.90 Å². The summed E-state index contributed by atoms with van der Waals surface area (Å²) in [6.07, 6.45) is 2.51. The minimum absolute atomic E-state index is 0.308. The number of benzene rings is 1. The summed E-state index contributed by atoms with van der Waals surface area (Å²) < 4.78 is 18.4. The maximum Gasteiger partial charge on any atom is 0.494 e. The van der Waals surface area contributed by atoms with Crippen LogP contribution in [0.15, 0.2) is 24.3 Å². The second kappa shape index (κ2) is 6.94. The molecule has 2 saturated heterocycles. The van der Waals surface area contributed by atoms with Crippen LogP contribution in [-0.2, 0) is 9.31 Å². The minimum atomic E-state index is -0.312. The van der Waals surface area contributed by atoms with E-state index in [1.54, 1.807) is 0 Å². The quantitative estimate of drug-likeness (QED) is 0.784. The molecular formula is C20H32BNO3. The summed E-state index contributed by atoms with van der Waals surface area (Å²) in [7, 11) is -0.312. The summed E-state index contributed by atoms with van der Waals surface area (Å²) >= 11 is 0. The number of hydrogen-bond acceptors (Lipinski definition) is 4. The maximum atomic E-state index is 6.17. The molecule has 0 amide bonds. The first-order valence-electron chi connectivity index (χ1n) is 9.54. The van der Waals surface area contributed by atoms with Gasteiger partial charge in [-0.25, -0.2) is 0 Å². The van der Waals surface area contributed by atoms with E-state index < -0.39 is 0 Å². The molecule has 138 valence electrons. The summed E-state index contributed by atoms with van der Waals surface area (Å²) in [5.74, 6) is 0.934. The van der Waals surface area contributed by atoms with Crippen LogP contribution in [0.4, 0.5) is 0 Å². The van der Waals surface area contributed by atoms with Crippen molar-refractivity contribution in [2.75, 3.05) is 13.1 Å². The fourth-order valence-electron chi connectivity index (χ4n) is 3.39. The van der Waals surface area contributed by atoms with Gasteiger partial charge in [-0.2, -0.15) is 0 Å². The van der Waals surface area contributed by atoms with Crippen LogP contribution >= 0.6 is 0 Å². The summed E-state index contributed by atoms with van der Waals surface area (Å²) in [4.78, 5) is 2.52. The van der Waals surface area contributed by atoms with E-state index in [9.17, 15) is 0 Å². The topological polar surface area (TPSA) is 30.9 Å². The zero-order chi connectivity index (χ0) is 18.2. The summed E-state index contributed by atoms with van der Waals surface area (Å²) in [6.45, 7) is 15.1. The van der Waals surface area contributed by atoms with Gasteiger partial charge in [-0.15, -0.1) is 0 Å². The van der Waals surface area contributed by atoms with Gasteiger partial charge in [0.1, 0.15) is 11.9 Å². The molecule has 4 nitrogen and oxygen atoms in total. The smallest absolute Gasteiger partial charge is 0.490 e. The van der Waals surface area contributed by atoms with Crippen LogP contribution in [-0.4, -0.2) is 48.5 Å². The number of nitrogens with zero attached hydrogens (tertiary/aromatic N) is 1. The van der Waals surface area contributed by atoms with Crippen molar-refractivity contribution >= 4 is 12.6 Å². The fraction of sp³-hybridized carbons (Fsp3) is 0.700. The van der Waals surface area contributed by atoms with Crippen LogP contribution in [0.2, 0.25) is 0 Å². The number of rotatable bonds is 4. The highest BCUT2D eigenvalue weighted by Gasteiger charge is 2.51. The van der Waals surface area contributed by atoms with Crippen molar-refractivity contribution in [3.8, 4) is 5.75 Å². The predicted molar refractivity (Wildman–Crippen MR) is 103 cm³/mol. The van der Waals surface area contributed by atoms with E-state index in [1.807, 2.05) is 12.1 Å². The molecule has 0 unspecified atom stereocenters. The Hall–Kier alpha value is -1.04. The first-order chi connectivity index (χ1) is 11.7. The van der Waals surface area contributed by atoms with Crippen molar-refractivity contribution in [1.29, 1.82) is 0 Å². The van der Waals surface area contributed by atoms with E-state index in [0.717, 1.165) is 37.1 Å². The molecule has 2 fully saturated rings. The van der Waals surface area contributed by atoms with E-state index in [4.69, 9.17) is 14.0 Å². The lowest BCUT2D eigenvalue weighted by Gasteiger charge is -2.34. The third-order valence-electron chi connectivity index (χ3n) is 5.92. The second-order valence-corrected chi connectivity index (χ2v) is 8.60. The number of piperidine rings is 1. The highest BCUT2D eigenvalue weighted by Crippen LogP contribution is 2.36. The molecule has 0 spiro atoms. The molecule has 1 aromatic rings. The van der Waals surface area contributed by atoms with Gasteiger partial charge < -0.3 is 18.9 Å². The van der Waals surface area contributed by atoms with Crippen LogP contribution in [0.1, 0.15) is 54.4 Å². The van der Waals surface area contributed by atoms with Gasteiger partial charge in [0.15, 0.2) is 0 Å². The fourth-order valence-corrected chi connectivity index (χ4v) is 3.39. The van der Waals surface area contributed by atoms with Crippen LogP contribution in [0.25, 0.3) is 0 Å². The normalized spacial score (nSPS) is 24.0. The average Bonchev–Trinajstić information content (AvgIpc) is 2.76. The molecule has 1 aromatic carbocycles. The molecule has 25 heavy (non-hydrogen) atoms. The van der Waals surface area contributed by atoms with Crippen molar-refractivity contribution in [3.05, 3.63) is 24.3 Å². The lowest BCUT2D eigenvalue weighted by molar-refractivity contribution is 0.00578. The van der Waals surface area contributed by atoms with Crippen molar-refractivity contribution in [2.24, 2.45) is 0 Å². The van der Waals surface area contributed by atoms with Crippen molar-refractivity contribution in [3.63, 3.8) is 0 Å². The van der Waals surface area contributed by atoms with Gasteiger partial charge in [-0.05, 0) is 72.0 Å². The lowest BCUT2D eigenvalue weighted by Crippen LogP contribution is -2.41. The van der Waals surface area contributed by atoms with Gasteiger partial charge in [-0.3, -0.25) is 0 Å². The first kappa shape index (κ1) is 18.7. The van der Waals surface area contributed by atoms with Gasteiger partial charge in [0.25, 0.3) is 0 Å². The molecule has 0 N–H and O–H groups in total. The molecule has 0 radical (unpaired) electrons. The Balaban J connectivity index is 1.57. The lowest BCUT2D eigenvalue weighted by atomic mass is 9.79. The van der Waals surface area contributed by atoms with E-state index in [2.05, 4.69) is 58.6 Å². The van der Waals surface area contributed by atoms with Crippen LogP contribution in [0, 0.1) is 0 Å². The van der Waals surface area contributed by atoms with Crippen molar-refractivity contribution in [2.45, 2.75) is 77.7 Å². The van der Waals surface area contributed by atoms with Gasteiger partial charge in [0.05, 0.1) is 11.2 Å². The van der Waals surface area contributed by atoms with Gasteiger partial charge in [0.2, 0.25) is 0 Å². The summed E-state index contributed by atoms with van der Waals surface area (Å²) in [5, 5.41) is 0. The van der Waals surface area contributed by atoms with Gasteiger partial charge >= 0.3 is 7.12 Å². The zero-order valence-corrected chi connectivity index (χ0v) is 16.5. The Morgan fingerprint density at radius 3 is 2.00 bits per heavy atom. The maximum absolute atomic E-state index is 6.17. The molecular weight excluding hydrogens is 313 g/mol. The molecule has 0 aliphatic carbocycles. The Kier molecular flexibility index (Phi) is 5.20.